The van der Waals surface area contributed by atoms with Crippen molar-refractivity contribution in [3.05, 3.63) is 52.3 Å². The van der Waals surface area contributed by atoms with Crippen molar-refractivity contribution in [3.63, 3.8) is 0 Å². The molecule has 25 heavy (non-hydrogen) atoms. The van der Waals surface area contributed by atoms with Gasteiger partial charge in [0.25, 0.3) is 5.91 Å². The molecular weight excluding hydrogens is 369 g/mol. The zero-order valence-electron chi connectivity index (χ0n) is 12.7. The number of fused-ring (bicyclic) bond motifs is 1. The quantitative estimate of drug-likeness (QED) is 0.653. The number of hydrogen-bond donors (Lipinski definition) is 1. The minimum atomic E-state index is -0.769. The predicted octanol–water partition coefficient (Wildman–Crippen LogP) is 2.53. The van der Waals surface area contributed by atoms with Gasteiger partial charge >= 0.3 is 5.97 Å². The molecule has 1 aliphatic heterocycles. The predicted molar refractivity (Wildman–Crippen MR) is 92.0 cm³/mol. The Morgan fingerprint density at radius 3 is 2.80 bits per heavy atom. The highest BCUT2D eigenvalue weighted by Crippen LogP contribution is 2.28. The summed E-state index contributed by atoms with van der Waals surface area (Å²) in [5.41, 5.74) is 1.13. The average molecular weight is 380 g/mol. The first kappa shape index (κ1) is 17.2. The second-order valence-corrected chi connectivity index (χ2v) is 5.88. The minimum absolute atomic E-state index is 0.0604. The van der Waals surface area contributed by atoms with Crippen molar-refractivity contribution in [1.29, 1.82) is 0 Å². The maximum absolute atomic E-state index is 12.4. The average Bonchev–Trinajstić information content (AvgIpc) is 2.60. The van der Waals surface area contributed by atoms with Crippen LogP contribution in [0, 0.1) is 0 Å². The molecule has 2 amide bonds. The molecule has 3 rings (SSSR count). The van der Waals surface area contributed by atoms with Gasteiger partial charge in [-0.3, -0.25) is 14.5 Å². The second kappa shape index (κ2) is 7.08. The fraction of sp³-hybridized carbons (Fsp3) is 0.125. The Bertz CT molecular complexity index is 872. The number of amides is 2. The van der Waals surface area contributed by atoms with Crippen LogP contribution in [0.4, 0.5) is 11.4 Å². The Morgan fingerprint density at radius 1 is 1.28 bits per heavy atom. The highest BCUT2D eigenvalue weighted by Gasteiger charge is 2.27. The van der Waals surface area contributed by atoms with Crippen LogP contribution in [0.5, 0.6) is 0 Å². The number of anilines is 2. The van der Waals surface area contributed by atoms with E-state index in [4.69, 9.17) is 27.9 Å². The number of carbonyl (C=O) groups is 3. The number of aromatic nitrogens is 1. The normalized spacial score (nSPS) is 13.0. The molecule has 1 aromatic carbocycles. The first-order chi connectivity index (χ1) is 12.0. The number of halogens is 2. The molecule has 7 nitrogen and oxygen atoms in total. The SMILES string of the molecule is O=C1CN(C(=O)COC(=O)c2cnc(Cl)c(Cl)c2)c2ccccc2N1. The molecule has 0 bridgehead atoms. The van der Waals surface area contributed by atoms with Gasteiger partial charge in [0.05, 0.1) is 22.0 Å². The Kier molecular flexibility index (Phi) is 4.87. The van der Waals surface area contributed by atoms with Gasteiger partial charge in [0, 0.05) is 6.20 Å². The Morgan fingerprint density at radius 2 is 2.04 bits per heavy atom. The molecule has 0 atom stereocenters. The van der Waals surface area contributed by atoms with E-state index >= 15 is 0 Å². The van der Waals surface area contributed by atoms with E-state index in [9.17, 15) is 14.4 Å². The van der Waals surface area contributed by atoms with Gasteiger partial charge in [-0.15, -0.1) is 0 Å². The summed E-state index contributed by atoms with van der Waals surface area (Å²) in [4.78, 5) is 41.1. The van der Waals surface area contributed by atoms with Crippen molar-refractivity contribution in [2.24, 2.45) is 0 Å². The second-order valence-electron chi connectivity index (χ2n) is 5.12. The summed E-state index contributed by atoms with van der Waals surface area (Å²) in [5, 5.41) is 2.83. The van der Waals surface area contributed by atoms with Gasteiger partial charge in [0.1, 0.15) is 11.7 Å². The van der Waals surface area contributed by atoms with E-state index in [1.165, 1.54) is 17.2 Å². The van der Waals surface area contributed by atoms with Gasteiger partial charge in [-0.05, 0) is 18.2 Å². The van der Waals surface area contributed by atoms with Gasteiger partial charge in [-0.1, -0.05) is 35.3 Å². The lowest BCUT2D eigenvalue weighted by atomic mass is 10.2. The Balaban J connectivity index is 1.69. The van der Waals surface area contributed by atoms with Crippen molar-refractivity contribution in [2.45, 2.75) is 0 Å². The Labute approximate surface area is 152 Å². The van der Waals surface area contributed by atoms with Crippen molar-refractivity contribution < 1.29 is 19.1 Å². The van der Waals surface area contributed by atoms with Crippen LogP contribution in [-0.2, 0) is 14.3 Å². The molecule has 1 aromatic heterocycles. The summed E-state index contributed by atoms with van der Waals surface area (Å²) in [6, 6.07) is 8.15. The third kappa shape index (κ3) is 3.72. The van der Waals surface area contributed by atoms with E-state index < -0.39 is 18.5 Å². The molecule has 1 aliphatic rings. The van der Waals surface area contributed by atoms with Gasteiger partial charge in [-0.2, -0.15) is 0 Å². The summed E-state index contributed by atoms with van der Waals surface area (Å²) < 4.78 is 4.98. The zero-order chi connectivity index (χ0) is 18.0. The number of rotatable bonds is 3. The van der Waals surface area contributed by atoms with Crippen LogP contribution < -0.4 is 10.2 Å². The van der Waals surface area contributed by atoms with Crippen LogP contribution in [0.15, 0.2) is 36.5 Å². The molecule has 0 unspecified atom stereocenters. The molecule has 0 saturated heterocycles. The van der Waals surface area contributed by atoms with Crippen LogP contribution in [0.2, 0.25) is 10.2 Å². The van der Waals surface area contributed by atoms with Crippen LogP contribution in [0.3, 0.4) is 0 Å². The van der Waals surface area contributed by atoms with E-state index in [1.807, 2.05) is 0 Å². The molecule has 2 heterocycles. The lowest BCUT2D eigenvalue weighted by Crippen LogP contribution is -2.44. The van der Waals surface area contributed by atoms with Gasteiger partial charge in [0.15, 0.2) is 6.61 Å². The molecule has 9 heteroatoms. The van der Waals surface area contributed by atoms with Crippen LogP contribution >= 0.6 is 23.2 Å². The molecule has 0 fully saturated rings. The molecule has 0 saturated carbocycles. The number of nitrogens with one attached hydrogen (secondary N) is 1. The number of benzene rings is 1. The molecule has 0 radical (unpaired) electrons. The van der Waals surface area contributed by atoms with E-state index in [1.54, 1.807) is 24.3 Å². The van der Waals surface area contributed by atoms with Gasteiger partial charge < -0.3 is 10.1 Å². The van der Waals surface area contributed by atoms with E-state index in [2.05, 4.69) is 10.3 Å². The van der Waals surface area contributed by atoms with Crippen molar-refractivity contribution in [1.82, 2.24) is 4.98 Å². The van der Waals surface area contributed by atoms with E-state index in [0.29, 0.717) is 11.4 Å². The Hall–Kier alpha value is -2.64. The minimum Gasteiger partial charge on any atom is -0.452 e. The van der Waals surface area contributed by atoms with E-state index in [0.717, 1.165) is 0 Å². The van der Waals surface area contributed by atoms with Crippen LogP contribution in [0.25, 0.3) is 0 Å². The highest BCUT2D eigenvalue weighted by molar-refractivity contribution is 6.41. The molecule has 128 valence electrons. The number of pyridine rings is 1. The largest absolute Gasteiger partial charge is 0.452 e. The fourth-order valence-corrected chi connectivity index (χ4v) is 2.55. The summed E-state index contributed by atoms with van der Waals surface area (Å²) in [5.74, 6) is -1.62. The topological polar surface area (TPSA) is 88.6 Å². The first-order valence-corrected chi connectivity index (χ1v) is 7.88. The van der Waals surface area contributed by atoms with Gasteiger partial charge in [-0.25, -0.2) is 9.78 Å². The lowest BCUT2D eigenvalue weighted by molar-refractivity contribution is -0.124. The maximum Gasteiger partial charge on any atom is 0.340 e. The molecule has 0 spiro atoms. The van der Waals surface area contributed by atoms with Crippen molar-refractivity contribution in [3.8, 4) is 0 Å². The lowest BCUT2D eigenvalue weighted by Gasteiger charge is -2.28. The van der Waals surface area contributed by atoms with Crippen molar-refractivity contribution in [2.75, 3.05) is 23.4 Å². The van der Waals surface area contributed by atoms with Gasteiger partial charge in [0.2, 0.25) is 5.91 Å². The summed E-state index contributed by atoms with van der Waals surface area (Å²) in [7, 11) is 0. The third-order valence-electron chi connectivity index (χ3n) is 3.43. The molecular formula is C16H11Cl2N3O4. The summed E-state index contributed by atoms with van der Waals surface area (Å²) in [6.45, 7) is -0.678. The maximum atomic E-state index is 12.4. The zero-order valence-corrected chi connectivity index (χ0v) is 14.2. The molecule has 1 N–H and O–H groups in total. The summed E-state index contributed by atoms with van der Waals surface area (Å²) in [6.07, 6.45) is 1.20. The highest BCUT2D eigenvalue weighted by atomic mass is 35.5. The number of ether oxygens (including phenoxy) is 1. The number of nitrogens with zero attached hydrogens (tertiary/aromatic N) is 2. The first-order valence-electron chi connectivity index (χ1n) is 7.13. The number of esters is 1. The number of para-hydroxylation sites is 2. The fourth-order valence-electron chi connectivity index (χ4n) is 2.28. The standard InChI is InChI=1S/C16H11Cl2N3O4/c17-10-5-9(6-19-15(10)18)16(24)25-8-14(23)21-7-13(22)20-11-3-1-2-4-12(11)21/h1-6H,7-8H2,(H,20,22). The van der Waals surface area contributed by atoms with Crippen LogP contribution in [0.1, 0.15) is 10.4 Å². The smallest absolute Gasteiger partial charge is 0.340 e. The van der Waals surface area contributed by atoms with Crippen LogP contribution in [-0.4, -0.2) is 35.9 Å². The summed E-state index contributed by atoms with van der Waals surface area (Å²) >= 11 is 11.5. The number of carbonyl (C=O) groups excluding carboxylic acids is 3. The van der Waals surface area contributed by atoms with E-state index in [-0.39, 0.29) is 28.2 Å². The van der Waals surface area contributed by atoms with Crippen molar-refractivity contribution >= 4 is 52.4 Å². The molecule has 0 aliphatic carbocycles. The number of hydrogen-bond acceptors (Lipinski definition) is 5. The monoisotopic (exact) mass is 379 g/mol. The molecule has 2 aromatic rings. The third-order valence-corrected chi connectivity index (χ3v) is 4.12.